The van der Waals surface area contributed by atoms with Crippen LogP contribution >= 0.6 is 11.8 Å². The molecule has 2 rings (SSSR count). The molecule has 0 aliphatic carbocycles. The van der Waals surface area contributed by atoms with Crippen LogP contribution in [0.4, 0.5) is 0 Å². The van der Waals surface area contributed by atoms with E-state index in [1.54, 1.807) is 0 Å². The number of hydrogen-bond acceptors (Lipinski definition) is 3. The lowest BCUT2D eigenvalue weighted by molar-refractivity contribution is 0.138. The molecule has 106 valence electrons. The molecule has 1 saturated heterocycles. The summed E-state index contributed by atoms with van der Waals surface area (Å²) in [5.74, 6) is 1.15. The first-order valence-electron chi connectivity index (χ1n) is 7.25. The summed E-state index contributed by atoms with van der Waals surface area (Å²) in [5, 5.41) is 3.64. The summed E-state index contributed by atoms with van der Waals surface area (Å²) in [6.07, 6.45) is 2.64. The van der Waals surface area contributed by atoms with Crippen LogP contribution in [0.1, 0.15) is 19.8 Å². The summed E-state index contributed by atoms with van der Waals surface area (Å²) in [4.78, 5) is 3.81. The van der Waals surface area contributed by atoms with E-state index in [1.165, 1.54) is 30.8 Å². The second-order valence-electron chi connectivity index (χ2n) is 5.95. The molecular formula is C16H26N2S. The first-order valence-corrected chi connectivity index (χ1v) is 8.24. The molecule has 2 nitrogen and oxygen atoms in total. The Morgan fingerprint density at radius 2 is 1.89 bits per heavy atom. The van der Waals surface area contributed by atoms with Gasteiger partial charge in [0.05, 0.1) is 0 Å². The van der Waals surface area contributed by atoms with E-state index in [0.29, 0.717) is 5.41 Å². The molecule has 0 radical (unpaired) electrons. The third-order valence-corrected chi connectivity index (χ3v) is 5.05. The fourth-order valence-electron chi connectivity index (χ4n) is 2.48. The monoisotopic (exact) mass is 278 g/mol. The molecule has 1 aliphatic heterocycles. The summed E-state index contributed by atoms with van der Waals surface area (Å²) in [7, 11) is 2.23. The molecule has 1 aliphatic rings. The van der Waals surface area contributed by atoms with Crippen LogP contribution in [-0.2, 0) is 0 Å². The van der Waals surface area contributed by atoms with Crippen LogP contribution in [0.5, 0.6) is 0 Å². The standard InChI is InChI=1S/C16H26N2S/c1-16(8-11-18(2)12-9-16)14-17-10-13-19-15-6-4-3-5-7-15/h3-7,17H,8-14H2,1-2H3. The van der Waals surface area contributed by atoms with Gasteiger partial charge in [-0.15, -0.1) is 11.8 Å². The van der Waals surface area contributed by atoms with Crippen molar-refractivity contribution >= 4 is 11.8 Å². The van der Waals surface area contributed by atoms with E-state index < -0.39 is 0 Å². The maximum atomic E-state index is 3.64. The average molecular weight is 278 g/mol. The van der Waals surface area contributed by atoms with Gasteiger partial charge in [-0.05, 0) is 50.5 Å². The topological polar surface area (TPSA) is 15.3 Å². The number of likely N-dealkylation sites (tertiary alicyclic amines) is 1. The summed E-state index contributed by atoms with van der Waals surface area (Å²) >= 11 is 1.94. The highest BCUT2D eigenvalue weighted by molar-refractivity contribution is 7.99. The van der Waals surface area contributed by atoms with E-state index >= 15 is 0 Å². The van der Waals surface area contributed by atoms with Gasteiger partial charge in [-0.25, -0.2) is 0 Å². The van der Waals surface area contributed by atoms with Gasteiger partial charge >= 0.3 is 0 Å². The van der Waals surface area contributed by atoms with E-state index in [2.05, 4.69) is 54.5 Å². The van der Waals surface area contributed by atoms with Gasteiger partial charge in [0.15, 0.2) is 0 Å². The Morgan fingerprint density at radius 1 is 1.21 bits per heavy atom. The molecule has 0 saturated carbocycles. The van der Waals surface area contributed by atoms with Crippen LogP contribution in [0, 0.1) is 5.41 Å². The molecular weight excluding hydrogens is 252 g/mol. The molecule has 1 aromatic carbocycles. The predicted octanol–water partition coefficient (Wildman–Crippen LogP) is 3.10. The summed E-state index contributed by atoms with van der Waals surface area (Å²) in [6, 6.07) is 10.7. The quantitative estimate of drug-likeness (QED) is 0.636. The first kappa shape index (κ1) is 14.9. The van der Waals surface area contributed by atoms with Crippen molar-refractivity contribution in [2.45, 2.75) is 24.7 Å². The summed E-state index contributed by atoms with van der Waals surface area (Å²) in [5.41, 5.74) is 0.504. The minimum Gasteiger partial charge on any atom is -0.315 e. The van der Waals surface area contributed by atoms with Crippen LogP contribution in [0.2, 0.25) is 0 Å². The predicted molar refractivity (Wildman–Crippen MR) is 84.9 cm³/mol. The average Bonchev–Trinajstić information content (AvgIpc) is 2.43. The molecule has 1 heterocycles. The van der Waals surface area contributed by atoms with Gasteiger partial charge in [-0.3, -0.25) is 0 Å². The number of benzene rings is 1. The van der Waals surface area contributed by atoms with Crippen molar-refractivity contribution in [2.75, 3.05) is 39.0 Å². The van der Waals surface area contributed by atoms with Crippen molar-refractivity contribution < 1.29 is 0 Å². The Hall–Kier alpha value is -0.510. The second kappa shape index (κ2) is 7.32. The zero-order chi connectivity index (χ0) is 13.6. The Bertz CT molecular complexity index is 358. The summed E-state index contributed by atoms with van der Waals surface area (Å²) < 4.78 is 0. The third kappa shape index (κ3) is 5.17. The van der Waals surface area contributed by atoms with Gasteiger partial charge in [-0.1, -0.05) is 25.1 Å². The van der Waals surface area contributed by atoms with Crippen molar-refractivity contribution in [1.82, 2.24) is 10.2 Å². The fraction of sp³-hybridized carbons (Fsp3) is 0.625. The van der Waals surface area contributed by atoms with Crippen LogP contribution in [0.25, 0.3) is 0 Å². The van der Waals surface area contributed by atoms with Crippen molar-refractivity contribution in [3.05, 3.63) is 30.3 Å². The number of nitrogens with zero attached hydrogens (tertiary/aromatic N) is 1. The lowest BCUT2D eigenvalue weighted by atomic mass is 9.80. The smallest absolute Gasteiger partial charge is 0.0106 e. The fourth-order valence-corrected chi connectivity index (χ4v) is 3.31. The number of nitrogens with one attached hydrogen (secondary N) is 1. The van der Waals surface area contributed by atoms with Crippen molar-refractivity contribution in [1.29, 1.82) is 0 Å². The zero-order valence-electron chi connectivity index (χ0n) is 12.2. The van der Waals surface area contributed by atoms with Gasteiger partial charge in [0.2, 0.25) is 0 Å². The highest BCUT2D eigenvalue weighted by Gasteiger charge is 2.27. The highest BCUT2D eigenvalue weighted by atomic mass is 32.2. The Labute approximate surface area is 122 Å². The van der Waals surface area contributed by atoms with Gasteiger partial charge in [0, 0.05) is 23.7 Å². The van der Waals surface area contributed by atoms with Crippen molar-refractivity contribution in [3.63, 3.8) is 0 Å². The van der Waals surface area contributed by atoms with E-state index in [4.69, 9.17) is 0 Å². The molecule has 0 unspecified atom stereocenters. The number of piperidine rings is 1. The molecule has 1 aromatic rings. The van der Waals surface area contributed by atoms with E-state index in [0.717, 1.165) is 18.8 Å². The molecule has 0 spiro atoms. The molecule has 0 atom stereocenters. The molecule has 3 heteroatoms. The minimum absolute atomic E-state index is 0.504. The number of rotatable bonds is 6. The largest absolute Gasteiger partial charge is 0.315 e. The molecule has 0 amide bonds. The zero-order valence-corrected chi connectivity index (χ0v) is 13.0. The van der Waals surface area contributed by atoms with E-state index in [9.17, 15) is 0 Å². The molecule has 1 N–H and O–H groups in total. The minimum atomic E-state index is 0.504. The SMILES string of the molecule is CN1CCC(C)(CNCCSc2ccccc2)CC1. The van der Waals surface area contributed by atoms with E-state index in [1.807, 2.05) is 11.8 Å². The highest BCUT2D eigenvalue weighted by Crippen LogP contribution is 2.29. The summed E-state index contributed by atoms with van der Waals surface area (Å²) in [6.45, 7) is 7.19. The van der Waals surface area contributed by atoms with Crippen LogP contribution < -0.4 is 5.32 Å². The Balaban J connectivity index is 1.59. The Kier molecular flexibility index (Phi) is 5.74. The van der Waals surface area contributed by atoms with Gasteiger partial charge in [-0.2, -0.15) is 0 Å². The molecule has 0 bridgehead atoms. The molecule has 19 heavy (non-hydrogen) atoms. The first-order chi connectivity index (χ1) is 9.18. The van der Waals surface area contributed by atoms with Gasteiger partial charge < -0.3 is 10.2 Å². The van der Waals surface area contributed by atoms with Gasteiger partial charge in [0.1, 0.15) is 0 Å². The second-order valence-corrected chi connectivity index (χ2v) is 7.12. The van der Waals surface area contributed by atoms with Crippen molar-refractivity contribution in [3.8, 4) is 0 Å². The number of thioether (sulfide) groups is 1. The molecule has 1 fully saturated rings. The lowest BCUT2D eigenvalue weighted by Gasteiger charge is -2.38. The van der Waals surface area contributed by atoms with Gasteiger partial charge in [0.25, 0.3) is 0 Å². The van der Waals surface area contributed by atoms with Crippen LogP contribution in [-0.4, -0.2) is 43.9 Å². The van der Waals surface area contributed by atoms with Crippen LogP contribution in [0.3, 0.4) is 0 Å². The molecule has 0 aromatic heterocycles. The van der Waals surface area contributed by atoms with Crippen LogP contribution in [0.15, 0.2) is 35.2 Å². The number of hydrogen-bond donors (Lipinski definition) is 1. The Morgan fingerprint density at radius 3 is 2.58 bits per heavy atom. The third-order valence-electron chi connectivity index (χ3n) is 4.04. The maximum absolute atomic E-state index is 3.64. The van der Waals surface area contributed by atoms with Crippen molar-refractivity contribution in [2.24, 2.45) is 5.41 Å². The normalized spacial score (nSPS) is 19.5. The van der Waals surface area contributed by atoms with E-state index in [-0.39, 0.29) is 0 Å². The maximum Gasteiger partial charge on any atom is 0.0106 e. The lowest BCUT2D eigenvalue weighted by Crippen LogP contribution is -2.42.